The van der Waals surface area contributed by atoms with Gasteiger partial charge in [0.15, 0.2) is 0 Å². The van der Waals surface area contributed by atoms with Crippen LogP contribution in [0.15, 0.2) is 60.7 Å². The van der Waals surface area contributed by atoms with Crippen molar-refractivity contribution in [2.45, 2.75) is 87.9 Å². The number of thioether (sulfide) groups is 1. The largest absolute Gasteiger partial charge is 0.394 e. The van der Waals surface area contributed by atoms with E-state index in [4.69, 9.17) is 0 Å². The first-order valence-corrected chi connectivity index (χ1v) is 15.6. The third kappa shape index (κ3) is 5.78. The summed E-state index contributed by atoms with van der Waals surface area (Å²) in [6.45, 7) is 10.2. The van der Waals surface area contributed by atoms with Crippen molar-refractivity contribution < 1.29 is 19.5 Å². The van der Waals surface area contributed by atoms with E-state index in [0.717, 1.165) is 18.4 Å². The van der Waals surface area contributed by atoms with Gasteiger partial charge in [0.25, 0.3) is 0 Å². The first-order valence-electron chi connectivity index (χ1n) is 14.7. The molecule has 41 heavy (non-hydrogen) atoms. The molecule has 1 spiro atoms. The summed E-state index contributed by atoms with van der Waals surface area (Å²) in [7, 11) is 0. The predicted octanol–water partition coefficient (Wildman–Crippen LogP) is 4.65. The van der Waals surface area contributed by atoms with Crippen LogP contribution in [0.25, 0.3) is 0 Å². The number of para-hydroxylation sites is 1. The fourth-order valence-electron chi connectivity index (χ4n) is 7.74. The lowest BCUT2D eigenvalue weighted by molar-refractivity contribution is -0.142. The number of aliphatic hydroxyl groups is 1. The molecule has 3 fully saturated rings. The summed E-state index contributed by atoms with van der Waals surface area (Å²) >= 11 is 1.65. The Morgan fingerprint density at radius 3 is 2.27 bits per heavy atom. The van der Waals surface area contributed by atoms with E-state index in [2.05, 4.69) is 31.4 Å². The van der Waals surface area contributed by atoms with Gasteiger partial charge in [0.1, 0.15) is 6.04 Å². The number of likely N-dealkylation sites (tertiary alicyclic amines) is 1. The molecule has 2 aromatic rings. The molecule has 3 amide bonds. The minimum absolute atomic E-state index is 0.00902. The van der Waals surface area contributed by atoms with Crippen LogP contribution >= 0.6 is 11.8 Å². The van der Waals surface area contributed by atoms with E-state index in [0.29, 0.717) is 18.5 Å². The number of hydrogen-bond acceptors (Lipinski definition) is 5. The Kier molecular flexibility index (Phi) is 8.03. The molecule has 7 nitrogen and oxygen atoms in total. The van der Waals surface area contributed by atoms with Crippen molar-refractivity contribution >= 4 is 35.2 Å². The highest BCUT2D eigenvalue weighted by molar-refractivity contribution is 8.02. The van der Waals surface area contributed by atoms with Gasteiger partial charge in [-0.05, 0) is 62.6 Å². The molecule has 3 heterocycles. The van der Waals surface area contributed by atoms with E-state index >= 15 is 0 Å². The molecule has 2 bridgehead atoms. The highest BCUT2D eigenvalue weighted by Crippen LogP contribution is 2.66. The molecule has 220 valence electrons. The molecular formula is C33H43N3O4S. The number of nitrogens with one attached hydrogen (secondary N) is 2. The number of hydrogen-bond donors (Lipinski definition) is 3. The molecule has 0 saturated carbocycles. The van der Waals surface area contributed by atoms with Crippen molar-refractivity contribution in [1.82, 2.24) is 10.2 Å². The summed E-state index contributed by atoms with van der Waals surface area (Å²) in [5.41, 5.74) is 1.16. The third-order valence-electron chi connectivity index (χ3n) is 8.68. The second-order valence-electron chi connectivity index (χ2n) is 13.8. The Morgan fingerprint density at radius 2 is 1.66 bits per heavy atom. The van der Waals surface area contributed by atoms with Crippen molar-refractivity contribution in [3.63, 3.8) is 0 Å². The lowest BCUT2D eigenvalue weighted by atomic mass is 9.70. The first-order chi connectivity index (χ1) is 19.3. The molecule has 8 heteroatoms. The van der Waals surface area contributed by atoms with Crippen molar-refractivity contribution in [2.75, 3.05) is 11.9 Å². The Morgan fingerprint density at radius 1 is 1.02 bits per heavy atom. The number of nitrogens with zero attached hydrogens (tertiary/aromatic N) is 1. The maximum Gasteiger partial charge on any atom is 0.244 e. The zero-order valence-electron chi connectivity index (χ0n) is 24.7. The molecule has 3 aliphatic heterocycles. The summed E-state index contributed by atoms with van der Waals surface area (Å²) in [6.07, 6.45) is 2.64. The van der Waals surface area contributed by atoms with Crippen molar-refractivity contribution in [2.24, 2.45) is 17.3 Å². The number of rotatable bonds is 9. The number of carbonyl (C=O) groups is 3. The van der Waals surface area contributed by atoms with E-state index in [1.165, 1.54) is 0 Å². The van der Waals surface area contributed by atoms with Gasteiger partial charge < -0.3 is 20.6 Å². The average molecular weight is 578 g/mol. The molecule has 0 aromatic heterocycles. The Labute approximate surface area is 247 Å². The quantitative estimate of drug-likeness (QED) is 0.403. The van der Waals surface area contributed by atoms with Crippen LogP contribution in [0.2, 0.25) is 0 Å². The summed E-state index contributed by atoms with van der Waals surface area (Å²) in [4.78, 5) is 44.2. The van der Waals surface area contributed by atoms with Crippen LogP contribution in [0.5, 0.6) is 0 Å². The topological polar surface area (TPSA) is 98.7 Å². The molecule has 5 rings (SSSR count). The summed E-state index contributed by atoms with van der Waals surface area (Å²) in [5.74, 6) is -1.73. The van der Waals surface area contributed by atoms with Gasteiger partial charge in [-0.15, -0.1) is 11.8 Å². The summed E-state index contributed by atoms with van der Waals surface area (Å²) < 4.78 is -0.716. The summed E-state index contributed by atoms with van der Waals surface area (Å²) in [6, 6.07) is 17.7. The van der Waals surface area contributed by atoms with Gasteiger partial charge in [0, 0.05) is 16.5 Å². The van der Waals surface area contributed by atoms with Gasteiger partial charge in [0.05, 0.1) is 29.2 Å². The monoisotopic (exact) mass is 577 g/mol. The number of benzene rings is 2. The van der Waals surface area contributed by atoms with Crippen LogP contribution in [-0.2, 0) is 20.8 Å². The number of aliphatic hydroxyl groups excluding tert-OH is 1. The zero-order chi connectivity index (χ0) is 29.6. The second-order valence-corrected chi connectivity index (χ2v) is 15.4. The fourth-order valence-corrected chi connectivity index (χ4v) is 9.95. The number of carbonyl (C=O) groups excluding carboxylic acids is 3. The average Bonchev–Trinajstić information content (AvgIpc) is 3.54. The minimum Gasteiger partial charge on any atom is -0.394 e. The second kappa shape index (κ2) is 11.1. The Hall–Kier alpha value is -2.84. The molecule has 6 atom stereocenters. The molecule has 0 aliphatic carbocycles. The molecular weight excluding hydrogens is 534 g/mol. The molecule has 3 aliphatic rings. The first kappa shape index (κ1) is 29.6. The van der Waals surface area contributed by atoms with E-state index in [1.807, 2.05) is 74.5 Å². The molecule has 2 unspecified atom stereocenters. The zero-order valence-corrected chi connectivity index (χ0v) is 25.5. The lowest BCUT2D eigenvalue weighted by Gasteiger charge is -2.40. The molecule has 3 N–H and O–H groups in total. The number of fused-ring (bicyclic) bond motifs is 1. The highest BCUT2D eigenvalue weighted by atomic mass is 32.2. The minimum atomic E-state index is -0.773. The smallest absolute Gasteiger partial charge is 0.244 e. The predicted molar refractivity (Wildman–Crippen MR) is 163 cm³/mol. The van der Waals surface area contributed by atoms with E-state index in [1.54, 1.807) is 16.7 Å². The van der Waals surface area contributed by atoms with E-state index in [-0.39, 0.29) is 35.0 Å². The number of anilines is 1. The fraction of sp³-hybridized carbons (Fsp3) is 0.545. The van der Waals surface area contributed by atoms with Gasteiger partial charge in [-0.1, -0.05) is 69.3 Å². The number of amides is 3. The van der Waals surface area contributed by atoms with Gasteiger partial charge >= 0.3 is 0 Å². The van der Waals surface area contributed by atoms with Gasteiger partial charge in [0.2, 0.25) is 17.7 Å². The van der Waals surface area contributed by atoms with E-state index in [9.17, 15) is 19.5 Å². The van der Waals surface area contributed by atoms with Crippen LogP contribution in [0.1, 0.15) is 59.4 Å². The SMILES string of the molecule is CC(C)(C)CC(C)(C)NC(=O)C1N([C@@H](CO)Cc2ccccc2)C(=O)[C@@H]2[C@H](C(=O)Nc3ccccc3)[C@@H]3CCC12S3. The Bertz CT molecular complexity index is 1280. The maximum atomic E-state index is 14.5. The normalized spacial score (nSPS) is 28.0. The maximum absolute atomic E-state index is 14.5. The van der Waals surface area contributed by atoms with Crippen LogP contribution in [0.4, 0.5) is 5.69 Å². The van der Waals surface area contributed by atoms with E-state index < -0.39 is 34.2 Å². The van der Waals surface area contributed by atoms with Crippen molar-refractivity contribution in [3.8, 4) is 0 Å². The molecule has 3 saturated heterocycles. The van der Waals surface area contributed by atoms with Gasteiger partial charge in [-0.2, -0.15) is 0 Å². The van der Waals surface area contributed by atoms with Crippen molar-refractivity contribution in [3.05, 3.63) is 66.2 Å². The highest BCUT2D eigenvalue weighted by Gasteiger charge is 2.74. The van der Waals surface area contributed by atoms with Crippen LogP contribution in [0, 0.1) is 17.3 Å². The summed E-state index contributed by atoms with van der Waals surface area (Å²) in [5, 5.41) is 16.9. The molecule has 2 aromatic carbocycles. The standard InChI is InChI=1S/C33H43N3O4S/c1-31(2,3)20-32(4,5)35-29(39)27-33-17-16-24(41-33)25(28(38)34-22-14-10-7-11-15-22)26(33)30(40)36(27)23(19-37)18-21-12-8-6-9-13-21/h6-15,23-27,37H,16-20H2,1-5H3,(H,34,38)(H,35,39)/t23-,24+,25-,26+,27?,33?/m1/s1. The van der Waals surface area contributed by atoms with Crippen LogP contribution < -0.4 is 10.6 Å². The van der Waals surface area contributed by atoms with Crippen LogP contribution in [-0.4, -0.2) is 62.0 Å². The third-order valence-corrected chi connectivity index (χ3v) is 10.6. The van der Waals surface area contributed by atoms with Gasteiger partial charge in [-0.3, -0.25) is 14.4 Å². The lowest BCUT2D eigenvalue weighted by Crippen LogP contribution is -2.60. The van der Waals surface area contributed by atoms with Gasteiger partial charge in [-0.25, -0.2) is 0 Å². The van der Waals surface area contributed by atoms with Crippen LogP contribution in [0.3, 0.4) is 0 Å². The van der Waals surface area contributed by atoms with Crippen molar-refractivity contribution in [1.29, 1.82) is 0 Å². The Balaban J connectivity index is 1.51. The molecule has 0 radical (unpaired) electrons.